The second-order valence-corrected chi connectivity index (χ2v) is 5.81. The van der Waals surface area contributed by atoms with Gasteiger partial charge < -0.3 is 15.1 Å². The lowest BCUT2D eigenvalue weighted by Gasteiger charge is -2.32. The fourth-order valence-corrected chi connectivity index (χ4v) is 2.63. The van der Waals surface area contributed by atoms with Crippen LogP contribution in [0.4, 0.5) is 10.1 Å². The van der Waals surface area contributed by atoms with Gasteiger partial charge >= 0.3 is 0 Å². The topological polar surface area (TPSA) is 82.6 Å². The van der Waals surface area contributed by atoms with Gasteiger partial charge in [0.05, 0.1) is 0 Å². The number of carbonyl (C=O) groups is 3. The van der Waals surface area contributed by atoms with E-state index < -0.39 is 11.7 Å². The van der Waals surface area contributed by atoms with E-state index >= 15 is 0 Å². The van der Waals surface area contributed by atoms with Gasteiger partial charge in [-0.15, -0.1) is 0 Å². The maximum absolute atomic E-state index is 13.2. The Morgan fingerprint density at radius 3 is 2.42 bits per heavy atom. The summed E-state index contributed by atoms with van der Waals surface area (Å²) in [4.78, 5) is 42.9. The molecule has 1 aliphatic rings. The van der Waals surface area contributed by atoms with Crippen molar-refractivity contribution < 1.29 is 18.8 Å². The summed E-state index contributed by atoms with van der Waals surface area (Å²) in [6.07, 6.45) is 0.761. The van der Waals surface area contributed by atoms with Crippen LogP contribution in [0.2, 0.25) is 0 Å². The van der Waals surface area contributed by atoms with E-state index in [9.17, 15) is 18.8 Å². The highest BCUT2D eigenvalue weighted by atomic mass is 19.1. The number of hydrogen-bond donors (Lipinski definition) is 1. The summed E-state index contributed by atoms with van der Waals surface area (Å²) in [5, 5.41) is 2.55. The number of amides is 3. The smallest absolute Gasteiger partial charge is 0.274 e. The molecule has 1 fully saturated rings. The van der Waals surface area contributed by atoms with Crippen molar-refractivity contribution in [1.82, 2.24) is 14.8 Å². The molecule has 0 radical (unpaired) electrons. The summed E-state index contributed by atoms with van der Waals surface area (Å²) in [6.45, 7) is 1.77. The van der Waals surface area contributed by atoms with Crippen LogP contribution in [-0.2, 0) is 4.79 Å². The summed E-state index contributed by atoms with van der Waals surface area (Å²) < 4.78 is 13.2. The zero-order valence-corrected chi connectivity index (χ0v) is 13.9. The van der Waals surface area contributed by atoms with Crippen molar-refractivity contribution in [2.75, 3.05) is 31.5 Å². The lowest BCUT2D eigenvalue weighted by Crippen LogP contribution is -2.48. The third kappa shape index (κ3) is 4.02. The second-order valence-electron chi connectivity index (χ2n) is 5.81. The van der Waals surface area contributed by atoms with Gasteiger partial charge in [0.25, 0.3) is 11.8 Å². The quantitative estimate of drug-likeness (QED) is 0.839. The minimum absolute atomic E-state index is 0.0617. The number of rotatable bonds is 4. The number of benzene rings is 1. The van der Waals surface area contributed by atoms with E-state index in [0.717, 1.165) is 6.41 Å². The van der Waals surface area contributed by atoms with E-state index in [2.05, 4.69) is 10.3 Å². The van der Waals surface area contributed by atoms with E-state index in [-0.39, 0.29) is 17.3 Å². The highest BCUT2D eigenvalue weighted by Crippen LogP contribution is 2.12. The summed E-state index contributed by atoms with van der Waals surface area (Å²) in [6, 6.07) is 10.1. The van der Waals surface area contributed by atoms with Crippen molar-refractivity contribution in [2.45, 2.75) is 0 Å². The summed E-state index contributed by atoms with van der Waals surface area (Å²) in [5.41, 5.74) is 0.515. The third-order valence-electron chi connectivity index (χ3n) is 4.03. The number of piperazine rings is 1. The SMILES string of the molecule is O=CN1CCN(C(=O)c2cccc(C(=O)Nc3cccc(F)c3)n2)CC1. The van der Waals surface area contributed by atoms with Crippen LogP contribution in [0.5, 0.6) is 0 Å². The average molecular weight is 356 g/mol. The molecule has 1 saturated heterocycles. The van der Waals surface area contributed by atoms with E-state index in [1.165, 1.54) is 30.3 Å². The van der Waals surface area contributed by atoms with Crippen molar-refractivity contribution in [3.8, 4) is 0 Å². The molecule has 0 bridgehead atoms. The first-order valence-electron chi connectivity index (χ1n) is 8.09. The largest absolute Gasteiger partial charge is 0.342 e. The van der Waals surface area contributed by atoms with Gasteiger partial charge in [-0.2, -0.15) is 0 Å². The molecule has 1 aromatic carbocycles. The summed E-state index contributed by atoms with van der Waals surface area (Å²) in [5.74, 6) is -1.29. The first-order valence-corrected chi connectivity index (χ1v) is 8.09. The molecule has 134 valence electrons. The normalized spacial score (nSPS) is 14.0. The van der Waals surface area contributed by atoms with Crippen LogP contribution in [0.1, 0.15) is 21.0 Å². The number of anilines is 1. The number of carbonyl (C=O) groups excluding carboxylic acids is 3. The Morgan fingerprint density at radius 2 is 1.73 bits per heavy atom. The average Bonchev–Trinajstić information content (AvgIpc) is 2.67. The molecular weight excluding hydrogens is 339 g/mol. The summed E-state index contributed by atoms with van der Waals surface area (Å²) in [7, 11) is 0. The lowest BCUT2D eigenvalue weighted by molar-refractivity contribution is -0.119. The molecule has 0 atom stereocenters. The van der Waals surface area contributed by atoms with Crippen molar-refractivity contribution in [3.63, 3.8) is 0 Å². The maximum atomic E-state index is 13.2. The zero-order chi connectivity index (χ0) is 18.5. The molecule has 1 aromatic heterocycles. The van der Waals surface area contributed by atoms with Crippen molar-refractivity contribution in [3.05, 3.63) is 59.7 Å². The van der Waals surface area contributed by atoms with Crippen molar-refractivity contribution >= 4 is 23.9 Å². The van der Waals surface area contributed by atoms with Crippen molar-refractivity contribution in [2.24, 2.45) is 0 Å². The number of aromatic nitrogens is 1. The van der Waals surface area contributed by atoms with Crippen LogP contribution in [0.3, 0.4) is 0 Å². The number of nitrogens with zero attached hydrogens (tertiary/aromatic N) is 3. The molecule has 0 unspecified atom stereocenters. The Morgan fingerprint density at radius 1 is 1.04 bits per heavy atom. The van der Waals surface area contributed by atoms with Gasteiger partial charge in [0, 0.05) is 31.9 Å². The van der Waals surface area contributed by atoms with E-state index in [1.54, 1.807) is 21.9 Å². The zero-order valence-electron chi connectivity index (χ0n) is 13.9. The first kappa shape index (κ1) is 17.5. The number of halogens is 1. The molecule has 7 nitrogen and oxygen atoms in total. The van der Waals surface area contributed by atoms with E-state index in [4.69, 9.17) is 0 Å². The fourth-order valence-electron chi connectivity index (χ4n) is 2.63. The minimum Gasteiger partial charge on any atom is -0.342 e. The molecule has 0 spiro atoms. The van der Waals surface area contributed by atoms with Gasteiger partial charge in [-0.1, -0.05) is 12.1 Å². The molecule has 26 heavy (non-hydrogen) atoms. The Balaban J connectivity index is 1.70. The highest BCUT2D eigenvalue weighted by molar-refractivity contribution is 6.03. The molecule has 2 aromatic rings. The maximum Gasteiger partial charge on any atom is 0.274 e. The standard InChI is InChI=1S/C18H17FN4O3/c19-13-3-1-4-14(11-13)20-17(25)15-5-2-6-16(21-15)18(26)23-9-7-22(12-24)8-10-23/h1-6,11-12H,7-10H2,(H,20,25). The third-order valence-corrected chi connectivity index (χ3v) is 4.03. The molecule has 1 N–H and O–H groups in total. The van der Waals surface area contributed by atoms with Crippen LogP contribution < -0.4 is 5.32 Å². The van der Waals surface area contributed by atoms with Crippen LogP contribution >= 0.6 is 0 Å². The predicted molar refractivity (Wildman–Crippen MR) is 92.1 cm³/mol. The van der Waals surface area contributed by atoms with Gasteiger partial charge in [-0.05, 0) is 30.3 Å². The fraction of sp³-hybridized carbons (Fsp3) is 0.222. The molecule has 0 saturated carbocycles. The Hall–Kier alpha value is -3.29. The highest BCUT2D eigenvalue weighted by Gasteiger charge is 2.23. The van der Waals surface area contributed by atoms with Gasteiger partial charge in [0.15, 0.2) is 0 Å². The van der Waals surface area contributed by atoms with E-state index in [1.807, 2.05) is 0 Å². The Bertz CT molecular complexity index is 835. The molecule has 8 heteroatoms. The Kier molecular flexibility index (Phi) is 5.21. The second kappa shape index (κ2) is 7.73. The van der Waals surface area contributed by atoms with Crippen LogP contribution in [0.15, 0.2) is 42.5 Å². The number of pyridine rings is 1. The molecule has 0 aliphatic carbocycles. The van der Waals surface area contributed by atoms with Gasteiger partial charge in [-0.25, -0.2) is 9.37 Å². The Labute approximate surface area is 149 Å². The lowest BCUT2D eigenvalue weighted by atomic mass is 10.2. The van der Waals surface area contributed by atoms with Crippen LogP contribution in [0.25, 0.3) is 0 Å². The van der Waals surface area contributed by atoms with Crippen molar-refractivity contribution in [1.29, 1.82) is 0 Å². The molecule has 3 rings (SSSR count). The van der Waals surface area contributed by atoms with Gasteiger partial charge in [0.1, 0.15) is 17.2 Å². The molecule has 2 heterocycles. The van der Waals surface area contributed by atoms with E-state index in [0.29, 0.717) is 31.9 Å². The minimum atomic E-state index is -0.531. The monoisotopic (exact) mass is 356 g/mol. The van der Waals surface area contributed by atoms with Gasteiger partial charge in [-0.3, -0.25) is 14.4 Å². The molecule has 1 aliphatic heterocycles. The summed E-state index contributed by atoms with van der Waals surface area (Å²) >= 11 is 0. The van der Waals surface area contributed by atoms with Crippen LogP contribution in [0, 0.1) is 5.82 Å². The predicted octanol–water partition coefficient (Wildman–Crippen LogP) is 1.39. The first-order chi connectivity index (χ1) is 12.6. The number of nitrogens with one attached hydrogen (secondary N) is 1. The van der Waals surface area contributed by atoms with Gasteiger partial charge in [0.2, 0.25) is 6.41 Å². The van der Waals surface area contributed by atoms with Crippen LogP contribution in [-0.4, -0.2) is 59.2 Å². The molecular formula is C18H17FN4O3. The molecule has 3 amide bonds. The number of hydrogen-bond acceptors (Lipinski definition) is 4.